The number of benzene rings is 1. The molecule has 1 aliphatic heterocycles. The average Bonchev–Trinajstić information content (AvgIpc) is 2.97. The molecule has 1 aliphatic rings. The molecule has 0 aliphatic carbocycles. The zero-order valence-corrected chi connectivity index (χ0v) is 10.8. The van der Waals surface area contributed by atoms with Crippen molar-refractivity contribution >= 4 is 11.6 Å². The Labute approximate surface area is 114 Å². The van der Waals surface area contributed by atoms with E-state index in [0.717, 1.165) is 0 Å². The van der Waals surface area contributed by atoms with Gasteiger partial charge in [-0.05, 0) is 18.2 Å². The fourth-order valence-corrected chi connectivity index (χ4v) is 2.65. The molecule has 1 aromatic carbocycles. The lowest BCUT2D eigenvalue weighted by atomic mass is 10.1. The molecular formula is C13H13ClFN3O. The summed E-state index contributed by atoms with van der Waals surface area (Å²) >= 11 is 6.06. The minimum Gasteiger partial charge on any atom is -0.390 e. The molecule has 100 valence electrons. The number of rotatable bonds is 2. The highest BCUT2D eigenvalue weighted by Crippen LogP contribution is 2.30. The second-order valence-electron chi connectivity index (χ2n) is 4.58. The molecular weight excluding hydrogens is 269 g/mol. The zero-order valence-electron chi connectivity index (χ0n) is 10.1. The fourth-order valence-electron chi connectivity index (χ4n) is 2.40. The van der Waals surface area contributed by atoms with Gasteiger partial charge >= 0.3 is 0 Å². The minimum atomic E-state index is -0.466. The Bertz CT molecular complexity index is 601. The molecule has 2 N–H and O–H groups in total. The normalized spacial score (nSPS) is 22.9. The standard InChI is InChI=1S/C13H13ClFN3O/c14-10-5-8(15)1-2-9(10)13-17-3-4-18(13)11-6-16-7-12(11)19/h1-5,11-12,16,19H,6-7H2/t11-,12+/m1/s1. The van der Waals surface area contributed by atoms with Gasteiger partial charge in [0.25, 0.3) is 0 Å². The van der Waals surface area contributed by atoms with Gasteiger partial charge in [-0.25, -0.2) is 9.37 Å². The largest absolute Gasteiger partial charge is 0.390 e. The second-order valence-corrected chi connectivity index (χ2v) is 4.98. The summed E-state index contributed by atoms with van der Waals surface area (Å²) in [6, 6.07) is 4.13. The van der Waals surface area contributed by atoms with Crippen molar-refractivity contribution in [1.29, 1.82) is 0 Å². The third kappa shape index (κ3) is 2.25. The molecule has 0 bridgehead atoms. The van der Waals surface area contributed by atoms with E-state index in [4.69, 9.17) is 11.6 Å². The van der Waals surface area contributed by atoms with Gasteiger partial charge < -0.3 is 15.0 Å². The van der Waals surface area contributed by atoms with Crippen LogP contribution in [-0.4, -0.2) is 33.9 Å². The lowest BCUT2D eigenvalue weighted by Crippen LogP contribution is -2.22. The number of nitrogens with one attached hydrogen (secondary N) is 1. The van der Waals surface area contributed by atoms with E-state index >= 15 is 0 Å². The van der Waals surface area contributed by atoms with Crippen molar-refractivity contribution in [1.82, 2.24) is 14.9 Å². The van der Waals surface area contributed by atoms with Gasteiger partial charge in [-0.1, -0.05) is 11.6 Å². The molecule has 0 amide bonds. The fraction of sp³-hybridized carbons (Fsp3) is 0.308. The first-order valence-corrected chi connectivity index (χ1v) is 6.41. The molecule has 2 atom stereocenters. The van der Waals surface area contributed by atoms with E-state index in [1.807, 2.05) is 4.57 Å². The molecule has 4 nitrogen and oxygen atoms in total. The molecule has 1 fully saturated rings. The maximum Gasteiger partial charge on any atom is 0.141 e. The van der Waals surface area contributed by atoms with Crippen LogP contribution in [0.25, 0.3) is 11.4 Å². The Morgan fingerprint density at radius 3 is 2.95 bits per heavy atom. The highest BCUT2D eigenvalue weighted by Gasteiger charge is 2.28. The van der Waals surface area contributed by atoms with Crippen LogP contribution in [0.1, 0.15) is 6.04 Å². The first-order valence-electron chi connectivity index (χ1n) is 6.04. The Morgan fingerprint density at radius 2 is 2.26 bits per heavy atom. The molecule has 1 aromatic heterocycles. The summed E-state index contributed by atoms with van der Waals surface area (Å²) in [5.74, 6) is 0.257. The molecule has 0 unspecified atom stereocenters. The maximum absolute atomic E-state index is 13.1. The Hall–Kier alpha value is -1.43. The second kappa shape index (κ2) is 4.92. The Balaban J connectivity index is 2.04. The number of halogens is 2. The molecule has 3 rings (SSSR count). The molecule has 0 radical (unpaired) electrons. The van der Waals surface area contributed by atoms with Crippen LogP contribution in [0.5, 0.6) is 0 Å². The SMILES string of the molecule is O[C@H]1CNC[C@H]1n1ccnc1-c1ccc(F)cc1Cl. The summed E-state index contributed by atoms with van der Waals surface area (Å²) in [4.78, 5) is 4.27. The predicted molar refractivity (Wildman–Crippen MR) is 70.5 cm³/mol. The van der Waals surface area contributed by atoms with Gasteiger partial charge in [0, 0.05) is 31.0 Å². The minimum absolute atomic E-state index is 0.0846. The van der Waals surface area contributed by atoms with Gasteiger partial charge in [-0.2, -0.15) is 0 Å². The lowest BCUT2D eigenvalue weighted by Gasteiger charge is -2.18. The zero-order chi connectivity index (χ0) is 13.4. The smallest absolute Gasteiger partial charge is 0.141 e. The average molecular weight is 282 g/mol. The monoisotopic (exact) mass is 281 g/mol. The van der Waals surface area contributed by atoms with Crippen LogP contribution < -0.4 is 5.32 Å². The van der Waals surface area contributed by atoms with Crippen LogP contribution >= 0.6 is 11.6 Å². The van der Waals surface area contributed by atoms with E-state index in [9.17, 15) is 9.50 Å². The molecule has 19 heavy (non-hydrogen) atoms. The van der Waals surface area contributed by atoms with Crippen molar-refractivity contribution in [2.75, 3.05) is 13.1 Å². The summed E-state index contributed by atoms with van der Waals surface area (Å²) < 4.78 is 15.0. The highest BCUT2D eigenvalue weighted by atomic mass is 35.5. The van der Waals surface area contributed by atoms with E-state index in [1.54, 1.807) is 18.5 Å². The van der Waals surface area contributed by atoms with Gasteiger partial charge in [0.05, 0.1) is 17.2 Å². The maximum atomic E-state index is 13.1. The van der Waals surface area contributed by atoms with E-state index in [0.29, 0.717) is 29.5 Å². The van der Waals surface area contributed by atoms with Crippen molar-refractivity contribution in [3.8, 4) is 11.4 Å². The van der Waals surface area contributed by atoms with E-state index in [-0.39, 0.29) is 11.9 Å². The van der Waals surface area contributed by atoms with E-state index in [2.05, 4.69) is 10.3 Å². The number of β-amino-alcohol motifs (C(OH)–C–C–N with tert-alkyl or cyclic N) is 1. The number of imidazole rings is 1. The number of hydrogen-bond acceptors (Lipinski definition) is 3. The van der Waals surface area contributed by atoms with Crippen molar-refractivity contribution in [3.05, 3.63) is 41.4 Å². The molecule has 2 heterocycles. The molecule has 0 spiro atoms. The summed E-state index contributed by atoms with van der Waals surface area (Å²) in [6.45, 7) is 1.22. The van der Waals surface area contributed by atoms with Gasteiger partial charge in [0.15, 0.2) is 0 Å². The summed E-state index contributed by atoms with van der Waals surface area (Å²) in [5.41, 5.74) is 0.659. The first kappa shape index (κ1) is 12.6. The van der Waals surface area contributed by atoms with Crippen LogP contribution in [0.3, 0.4) is 0 Å². The van der Waals surface area contributed by atoms with Crippen LogP contribution in [-0.2, 0) is 0 Å². The molecule has 2 aromatic rings. The quantitative estimate of drug-likeness (QED) is 0.883. The Morgan fingerprint density at radius 1 is 1.42 bits per heavy atom. The van der Waals surface area contributed by atoms with Crippen molar-refractivity contribution < 1.29 is 9.50 Å². The number of hydrogen-bond donors (Lipinski definition) is 2. The molecule has 0 saturated carbocycles. The van der Waals surface area contributed by atoms with Crippen LogP contribution in [0.15, 0.2) is 30.6 Å². The van der Waals surface area contributed by atoms with Crippen LogP contribution in [0, 0.1) is 5.82 Å². The molecule has 1 saturated heterocycles. The third-order valence-electron chi connectivity index (χ3n) is 3.35. The van der Waals surface area contributed by atoms with Gasteiger partial charge in [0.1, 0.15) is 11.6 Å². The number of aromatic nitrogens is 2. The van der Waals surface area contributed by atoms with Gasteiger partial charge in [-0.3, -0.25) is 0 Å². The summed E-state index contributed by atoms with van der Waals surface area (Å²) in [7, 11) is 0. The Kier molecular flexibility index (Phi) is 3.26. The van der Waals surface area contributed by atoms with E-state index in [1.165, 1.54) is 12.1 Å². The molecule has 6 heteroatoms. The summed E-state index contributed by atoms with van der Waals surface area (Å²) in [5, 5.41) is 13.4. The van der Waals surface area contributed by atoms with Crippen LogP contribution in [0.4, 0.5) is 4.39 Å². The van der Waals surface area contributed by atoms with Crippen LogP contribution in [0.2, 0.25) is 5.02 Å². The van der Waals surface area contributed by atoms with E-state index < -0.39 is 6.10 Å². The topological polar surface area (TPSA) is 50.1 Å². The van der Waals surface area contributed by atoms with Crippen molar-refractivity contribution in [2.24, 2.45) is 0 Å². The third-order valence-corrected chi connectivity index (χ3v) is 3.66. The predicted octanol–water partition coefficient (Wildman–Crippen LogP) is 1.85. The lowest BCUT2D eigenvalue weighted by molar-refractivity contribution is 0.151. The van der Waals surface area contributed by atoms with Crippen molar-refractivity contribution in [3.63, 3.8) is 0 Å². The number of aliphatic hydroxyl groups excluding tert-OH is 1. The first-order chi connectivity index (χ1) is 9.16. The number of nitrogens with zero attached hydrogens (tertiary/aromatic N) is 2. The number of aliphatic hydroxyl groups is 1. The van der Waals surface area contributed by atoms with Gasteiger partial charge in [-0.15, -0.1) is 0 Å². The van der Waals surface area contributed by atoms with Gasteiger partial charge in [0.2, 0.25) is 0 Å². The highest BCUT2D eigenvalue weighted by molar-refractivity contribution is 6.33. The van der Waals surface area contributed by atoms with Crippen molar-refractivity contribution in [2.45, 2.75) is 12.1 Å². The summed E-state index contributed by atoms with van der Waals surface area (Å²) in [6.07, 6.45) is 2.99.